The fraction of sp³-hybridized carbons (Fsp3) is 0.909. The van der Waals surface area contributed by atoms with E-state index in [4.69, 9.17) is 9.47 Å². The highest BCUT2D eigenvalue weighted by molar-refractivity contribution is 5.70. The molecule has 0 rings (SSSR count). The Morgan fingerprint density at radius 2 is 1.15 bits per heavy atom. The predicted octanol–water partition coefficient (Wildman–Crippen LogP) is 5.33. The van der Waals surface area contributed by atoms with Crippen molar-refractivity contribution in [3.63, 3.8) is 0 Å². The molecule has 0 aliphatic heterocycles. The molecule has 0 aromatic heterocycles. The van der Waals surface area contributed by atoms with Crippen molar-refractivity contribution >= 4 is 11.9 Å². The predicted molar refractivity (Wildman–Crippen MR) is 109 cm³/mol. The van der Waals surface area contributed by atoms with Crippen molar-refractivity contribution in [3.8, 4) is 0 Å². The van der Waals surface area contributed by atoms with Crippen LogP contribution in [0.15, 0.2) is 0 Å². The van der Waals surface area contributed by atoms with Gasteiger partial charge in [-0.2, -0.15) is 0 Å². The number of hydrogen-bond donors (Lipinski definition) is 1. The van der Waals surface area contributed by atoms with Crippen molar-refractivity contribution in [2.24, 2.45) is 0 Å². The summed E-state index contributed by atoms with van der Waals surface area (Å²) in [6.07, 6.45) is 14.8. The molecular weight excluding hydrogens is 344 g/mol. The molecule has 5 nitrogen and oxygen atoms in total. The summed E-state index contributed by atoms with van der Waals surface area (Å²) in [5.41, 5.74) is 0. The van der Waals surface area contributed by atoms with E-state index in [-0.39, 0.29) is 25.2 Å². The van der Waals surface area contributed by atoms with Crippen LogP contribution in [0.5, 0.6) is 0 Å². The van der Waals surface area contributed by atoms with Crippen molar-refractivity contribution < 1.29 is 24.2 Å². The van der Waals surface area contributed by atoms with Gasteiger partial charge in [-0.15, -0.1) is 0 Å². The Kier molecular flexibility index (Phi) is 18.9. The third kappa shape index (κ3) is 18.0. The van der Waals surface area contributed by atoms with Crippen molar-refractivity contribution in [3.05, 3.63) is 0 Å². The lowest BCUT2D eigenvalue weighted by atomic mass is 10.1. The highest BCUT2D eigenvalue weighted by atomic mass is 16.6. The van der Waals surface area contributed by atoms with Gasteiger partial charge in [-0.1, -0.05) is 84.5 Å². The summed E-state index contributed by atoms with van der Waals surface area (Å²) in [4.78, 5) is 23.5. The van der Waals surface area contributed by atoms with Crippen molar-refractivity contribution in [1.82, 2.24) is 0 Å². The van der Waals surface area contributed by atoms with Crippen LogP contribution in [-0.4, -0.2) is 36.4 Å². The van der Waals surface area contributed by atoms with E-state index in [1.165, 1.54) is 38.5 Å². The zero-order valence-electron chi connectivity index (χ0n) is 17.7. The molecule has 0 saturated heterocycles. The maximum absolute atomic E-state index is 11.8. The number of aliphatic hydroxyl groups is 1. The lowest BCUT2D eigenvalue weighted by Crippen LogP contribution is -2.28. The van der Waals surface area contributed by atoms with Crippen LogP contribution in [0.4, 0.5) is 0 Å². The first-order chi connectivity index (χ1) is 13.1. The number of unbranched alkanes of at least 4 members (excludes halogenated alkanes) is 11. The van der Waals surface area contributed by atoms with E-state index in [1.54, 1.807) is 0 Å². The van der Waals surface area contributed by atoms with E-state index in [0.717, 1.165) is 44.9 Å². The standard InChI is InChI=1S/C22H42O5/c1-3-5-7-9-10-11-12-13-15-17-22(25)27-20(18-23)19-26-21(24)16-14-8-6-4-2/h20,23H,3-19H2,1-2H3. The third-order valence-electron chi connectivity index (χ3n) is 4.65. The molecule has 0 fully saturated rings. The van der Waals surface area contributed by atoms with Crippen LogP contribution in [0.25, 0.3) is 0 Å². The van der Waals surface area contributed by atoms with Crippen molar-refractivity contribution in [2.45, 2.75) is 116 Å². The molecule has 0 aromatic carbocycles. The van der Waals surface area contributed by atoms with Crippen LogP contribution in [0, 0.1) is 0 Å². The van der Waals surface area contributed by atoms with Gasteiger partial charge in [0, 0.05) is 12.8 Å². The second-order valence-electron chi connectivity index (χ2n) is 7.37. The second kappa shape index (κ2) is 19.7. The quantitative estimate of drug-likeness (QED) is 0.240. The van der Waals surface area contributed by atoms with Gasteiger partial charge in [0.05, 0.1) is 6.61 Å². The second-order valence-corrected chi connectivity index (χ2v) is 7.37. The van der Waals surface area contributed by atoms with Crippen LogP contribution in [0.2, 0.25) is 0 Å². The SMILES string of the molecule is CCCCCCCCCCCC(=O)OC(CO)COC(=O)CCCCCC. The number of esters is 2. The molecule has 1 unspecified atom stereocenters. The van der Waals surface area contributed by atoms with Crippen molar-refractivity contribution in [2.75, 3.05) is 13.2 Å². The summed E-state index contributed by atoms with van der Waals surface area (Å²) in [6.45, 7) is 3.95. The molecule has 1 atom stereocenters. The van der Waals surface area contributed by atoms with Crippen molar-refractivity contribution in [1.29, 1.82) is 0 Å². The van der Waals surface area contributed by atoms with E-state index in [1.807, 2.05) is 0 Å². The topological polar surface area (TPSA) is 72.8 Å². The van der Waals surface area contributed by atoms with Gasteiger partial charge >= 0.3 is 11.9 Å². The smallest absolute Gasteiger partial charge is 0.306 e. The Morgan fingerprint density at radius 3 is 1.67 bits per heavy atom. The number of carbonyl (C=O) groups excluding carboxylic acids is 2. The molecule has 0 bridgehead atoms. The van der Waals surface area contributed by atoms with Crippen LogP contribution >= 0.6 is 0 Å². The summed E-state index contributed by atoms with van der Waals surface area (Å²) < 4.78 is 10.3. The number of aliphatic hydroxyl groups excluding tert-OH is 1. The zero-order valence-corrected chi connectivity index (χ0v) is 17.7. The molecule has 0 amide bonds. The molecule has 0 aromatic rings. The normalized spacial score (nSPS) is 12.0. The maximum Gasteiger partial charge on any atom is 0.306 e. The van der Waals surface area contributed by atoms with Gasteiger partial charge in [0.2, 0.25) is 0 Å². The average molecular weight is 387 g/mol. The molecule has 160 valence electrons. The minimum atomic E-state index is -0.754. The molecule has 5 heteroatoms. The van der Waals surface area contributed by atoms with E-state index in [0.29, 0.717) is 12.8 Å². The Hall–Kier alpha value is -1.10. The van der Waals surface area contributed by atoms with E-state index in [2.05, 4.69) is 13.8 Å². The van der Waals surface area contributed by atoms with Gasteiger partial charge in [0.25, 0.3) is 0 Å². The minimum Gasteiger partial charge on any atom is -0.462 e. The minimum absolute atomic E-state index is 0.0629. The molecule has 27 heavy (non-hydrogen) atoms. The number of hydrogen-bond acceptors (Lipinski definition) is 5. The van der Waals surface area contributed by atoms with Gasteiger partial charge in [-0.3, -0.25) is 9.59 Å². The summed E-state index contributed by atoms with van der Waals surface area (Å²) in [7, 11) is 0. The highest BCUT2D eigenvalue weighted by Gasteiger charge is 2.15. The molecule has 0 aliphatic carbocycles. The molecule has 0 aliphatic rings. The van der Waals surface area contributed by atoms with Crippen LogP contribution in [-0.2, 0) is 19.1 Å². The fourth-order valence-electron chi connectivity index (χ4n) is 2.90. The largest absolute Gasteiger partial charge is 0.462 e. The Balaban J connectivity index is 3.65. The monoisotopic (exact) mass is 386 g/mol. The zero-order chi connectivity index (χ0) is 20.2. The first-order valence-electron chi connectivity index (χ1n) is 11.1. The Morgan fingerprint density at radius 1 is 0.704 bits per heavy atom. The summed E-state index contributed by atoms with van der Waals surface area (Å²) in [5, 5.41) is 9.30. The molecule has 1 N–H and O–H groups in total. The highest BCUT2D eigenvalue weighted by Crippen LogP contribution is 2.11. The first kappa shape index (κ1) is 25.9. The lowest BCUT2D eigenvalue weighted by Gasteiger charge is -2.15. The van der Waals surface area contributed by atoms with Crippen LogP contribution in [0.1, 0.15) is 110 Å². The summed E-state index contributed by atoms with van der Waals surface area (Å²) >= 11 is 0. The molecule has 0 radical (unpaired) electrons. The van der Waals surface area contributed by atoms with E-state index < -0.39 is 6.10 Å². The molecule has 0 saturated carbocycles. The van der Waals surface area contributed by atoms with Gasteiger partial charge in [-0.25, -0.2) is 0 Å². The Bertz CT molecular complexity index is 357. The molecular formula is C22H42O5. The van der Waals surface area contributed by atoms with E-state index in [9.17, 15) is 14.7 Å². The van der Waals surface area contributed by atoms with E-state index >= 15 is 0 Å². The lowest BCUT2D eigenvalue weighted by molar-refractivity contribution is -0.161. The number of rotatable bonds is 19. The van der Waals surface area contributed by atoms with Gasteiger partial charge in [-0.05, 0) is 12.8 Å². The van der Waals surface area contributed by atoms with Gasteiger partial charge < -0.3 is 14.6 Å². The Labute approximate surface area is 166 Å². The molecule has 0 spiro atoms. The number of carbonyl (C=O) groups is 2. The maximum atomic E-state index is 11.8. The van der Waals surface area contributed by atoms with Gasteiger partial charge in [0.1, 0.15) is 6.61 Å². The summed E-state index contributed by atoms with van der Waals surface area (Å²) in [5.74, 6) is -0.615. The first-order valence-corrected chi connectivity index (χ1v) is 11.1. The fourth-order valence-corrected chi connectivity index (χ4v) is 2.90. The number of ether oxygens (including phenoxy) is 2. The van der Waals surface area contributed by atoms with Crippen LogP contribution < -0.4 is 0 Å². The third-order valence-corrected chi connectivity index (χ3v) is 4.65. The van der Waals surface area contributed by atoms with Gasteiger partial charge in [0.15, 0.2) is 6.10 Å². The average Bonchev–Trinajstić information content (AvgIpc) is 2.67. The summed E-state index contributed by atoms with van der Waals surface area (Å²) in [6, 6.07) is 0. The van der Waals surface area contributed by atoms with Crippen LogP contribution in [0.3, 0.4) is 0 Å². The molecule has 0 heterocycles.